The first-order valence-corrected chi connectivity index (χ1v) is 5.49. The lowest BCUT2D eigenvalue weighted by atomic mass is 10.0. The third-order valence-corrected chi connectivity index (χ3v) is 4.09. The predicted octanol–water partition coefficient (Wildman–Crippen LogP) is 0.921. The molecule has 1 fully saturated rings. The largest absolute Gasteiger partial charge is 0.409 e. The van der Waals surface area contributed by atoms with Gasteiger partial charge in [-0.25, -0.2) is 0 Å². The van der Waals surface area contributed by atoms with Crippen molar-refractivity contribution in [2.24, 2.45) is 27.6 Å². The molecule has 0 unspecified atom stereocenters. The molecule has 92 valence electrons. The molecule has 0 saturated heterocycles. The monoisotopic (exact) mass is 227 g/mol. The number of carbonyl (C=O) groups excluding carboxylic acids is 1. The summed E-state index contributed by atoms with van der Waals surface area (Å²) in [6.07, 6.45) is 0.371. The van der Waals surface area contributed by atoms with E-state index >= 15 is 0 Å². The molecule has 0 bridgehead atoms. The van der Waals surface area contributed by atoms with E-state index < -0.39 is 0 Å². The minimum absolute atomic E-state index is 0.0484. The first kappa shape index (κ1) is 12.8. The van der Waals surface area contributed by atoms with Crippen LogP contribution in [0.3, 0.4) is 0 Å². The van der Waals surface area contributed by atoms with Crippen LogP contribution in [0.25, 0.3) is 0 Å². The fraction of sp³-hybridized carbons (Fsp3) is 0.818. The van der Waals surface area contributed by atoms with E-state index in [0.29, 0.717) is 13.0 Å². The Morgan fingerprint density at radius 3 is 2.25 bits per heavy atom. The number of amidine groups is 1. The molecule has 16 heavy (non-hydrogen) atoms. The Bertz CT molecular complexity index is 307. The highest BCUT2D eigenvalue weighted by molar-refractivity contribution is 5.85. The van der Waals surface area contributed by atoms with Crippen LogP contribution in [-0.2, 0) is 4.79 Å². The van der Waals surface area contributed by atoms with Crippen LogP contribution in [-0.4, -0.2) is 23.5 Å². The van der Waals surface area contributed by atoms with Crippen LogP contribution in [0.2, 0.25) is 0 Å². The first-order valence-electron chi connectivity index (χ1n) is 5.49. The van der Waals surface area contributed by atoms with Crippen molar-refractivity contribution in [2.75, 3.05) is 6.54 Å². The van der Waals surface area contributed by atoms with Crippen molar-refractivity contribution in [3.63, 3.8) is 0 Å². The second kappa shape index (κ2) is 3.96. The zero-order valence-corrected chi connectivity index (χ0v) is 10.4. The van der Waals surface area contributed by atoms with E-state index in [-0.39, 0.29) is 28.5 Å². The van der Waals surface area contributed by atoms with Crippen molar-refractivity contribution in [2.45, 2.75) is 34.1 Å². The molecule has 1 rings (SSSR count). The Balaban J connectivity index is 2.39. The lowest BCUT2D eigenvalue weighted by Crippen LogP contribution is -2.30. The van der Waals surface area contributed by atoms with Gasteiger partial charge in [-0.15, -0.1) is 0 Å². The quantitative estimate of drug-likeness (QED) is 0.289. The third-order valence-electron chi connectivity index (χ3n) is 4.09. The molecule has 5 nitrogen and oxygen atoms in total. The lowest BCUT2D eigenvalue weighted by Gasteiger charge is -2.05. The molecule has 1 amide bonds. The van der Waals surface area contributed by atoms with Gasteiger partial charge in [-0.3, -0.25) is 4.79 Å². The number of nitrogens with two attached hydrogens (primary N) is 1. The van der Waals surface area contributed by atoms with Crippen LogP contribution in [0, 0.1) is 16.7 Å². The molecule has 0 radical (unpaired) electrons. The summed E-state index contributed by atoms with van der Waals surface area (Å²) in [6.45, 7) is 8.81. The van der Waals surface area contributed by atoms with Gasteiger partial charge in [0.05, 0.1) is 0 Å². The Morgan fingerprint density at radius 1 is 1.38 bits per heavy atom. The fourth-order valence-corrected chi connectivity index (χ4v) is 2.32. The highest BCUT2D eigenvalue weighted by atomic mass is 16.4. The van der Waals surface area contributed by atoms with E-state index in [9.17, 15) is 4.79 Å². The van der Waals surface area contributed by atoms with Gasteiger partial charge in [0.15, 0.2) is 0 Å². The smallest absolute Gasteiger partial charge is 0.224 e. The summed E-state index contributed by atoms with van der Waals surface area (Å²) < 4.78 is 0. The number of hydrogen-bond donors (Lipinski definition) is 3. The standard InChI is InChI=1S/C11H21N3O2/c1-10(2)8(11(10,3)4)9(15)13-6-5-7(12)14-16/h8,16H,5-6H2,1-4H3,(H2,12,14)(H,13,15). The average molecular weight is 227 g/mol. The summed E-state index contributed by atoms with van der Waals surface area (Å²) in [5.41, 5.74) is 5.40. The molecule has 1 aliphatic rings. The molecule has 0 spiro atoms. The van der Waals surface area contributed by atoms with E-state index in [1.807, 2.05) is 0 Å². The molecule has 1 saturated carbocycles. The second-order valence-corrected chi connectivity index (χ2v) is 5.51. The average Bonchev–Trinajstić information content (AvgIpc) is 2.57. The van der Waals surface area contributed by atoms with Crippen molar-refractivity contribution >= 4 is 11.7 Å². The Kier molecular flexibility index (Phi) is 3.17. The highest BCUT2D eigenvalue weighted by Gasteiger charge is 2.68. The van der Waals surface area contributed by atoms with Crippen LogP contribution >= 0.6 is 0 Å². The minimum Gasteiger partial charge on any atom is -0.409 e. The van der Waals surface area contributed by atoms with Crippen molar-refractivity contribution in [3.8, 4) is 0 Å². The third kappa shape index (κ3) is 1.99. The van der Waals surface area contributed by atoms with Crippen molar-refractivity contribution < 1.29 is 10.0 Å². The Morgan fingerprint density at radius 2 is 1.88 bits per heavy atom. The number of oxime groups is 1. The highest BCUT2D eigenvalue weighted by Crippen LogP contribution is 2.68. The molecular formula is C11H21N3O2. The van der Waals surface area contributed by atoms with E-state index in [1.165, 1.54) is 0 Å². The number of carbonyl (C=O) groups is 1. The molecule has 5 heteroatoms. The van der Waals surface area contributed by atoms with Crippen LogP contribution in [0.4, 0.5) is 0 Å². The maximum Gasteiger partial charge on any atom is 0.224 e. The summed E-state index contributed by atoms with van der Waals surface area (Å²) in [5.74, 6) is 0.239. The number of rotatable bonds is 4. The normalized spacial score (nSPS) is 22.9. The summed E-state index contributed by atoms with van der Waals surface area (Å²) in [5, 5.41) is 14.0. The molecule has 0 heterocycles. The summed E-state index contributed by atoms with van der Waals surface area (Å²) in [7, 11) is 0. The van der Waals surface area contributed by atoms with Crippen LogP contribution in [0.5, 0.6) is 0 Å². The fourth-order valence-electron chi connectivity index (χ4n) is 2.32. The van der Waals surface area contributed by atoms with Crippen LogP contribution in [0.1, 0.15) is 34.1 Å². The maximum absolute atomic E-state index is 11.9. The predicted molar refractivity (Wildman–Crippen MR) is 62.1 cm³/mol. The van der Waals surface area contributed by atoms with E-state index in [0.717, 1.165) is 0 Å². The molecule has 0 aliphatic heterocycles. The minimum atomic E-state index is 0.0484. The van der Waals surface area contributed by atoms with E-state index in [4.69, 9.17) is 10.9 Å². The summed E-state index contributed by atoms with van der Waals surface area (Å²) >= 11 is 0. The van der Waals surface area contributed by atoms with Gasteiger partial charge in [0.1, 0.15) is 5.84 Å². The van der Waals surface area contributed by atoms with Gasteiger partial charge < -0.3 is 16.3 Å². The zero-order valence-electron chi connectivity index (χ0n) is 10.4. The van der Waals surface area contributed by atoms with E-state index in [2.05, 4.69) is 38.2 Å². The number of amides is 1. The first-order chi connectivity index (χ1) is 7.25. The van der Waals surface area contributed by atoms with E-state index in [1.54, 1.807) is 0 Å². The number of hydrogen-bond acceptors (Lipinski definition) is 3. The number of nitrogens with one attached hydrogen (secondary N) is 1. The lowest BCUT2D eigenvalue weighted by molar-refractivity contribution is -0.123. The van der Waals surface area contributed by atoms with Crippen LogP contribution < -0.4 is 11.1 Å². The zero-order chi connectivity index (χ0) is 12.6. The summed E-state index contributed by atoms with van der Waals surface area (Å²) in [6, 6.07) is 0. The van der Waals surface area contributed by atoms with Gasteiger partial charge in [0.25, 0.3) is 0 Å². The van der Waals surface area contributed by atoms with Crippen molar-refractivity contribution in [3.05, 3.63) is 0 Å². The molecule has 0 aromatic carbocycles. The summed E-state index contributed by atoms with van der Waals surface area (Å²) in [4.78, 5) is 11.9. The van der Waals surface area contributed by atoms with Gasteiger partial charge in [0, 0.05) is 18.9 Å². The Labute approximate surface area is 96.1 Å². The van der Waals surface area contributed by atoms with Gasteiger partial charge in [-0.05, 0) is 10.8 Å². The molecule has 4 N–H and O–H groups in total. The molecular weight excluding hydrogens is 206 g/mol. The molecule has 0 aromatic heterocycles. The van der Waals surface area contributed by atoms with Crippen molar-refractivity contribution in [1.82, 2.24) is 5.32 Å². The molecule has 0 atom stereocenters. The molecule has 1 aliphatic carbocycles. The molecule has 0 aromatic rings. The van der Waals surface area contributed by atoms with Gasteiger partial charge in [-0.2, -0.15) is 0 Å². The van der Waals surface area contributed by atoms with Crippen molar-refractivity contribution in [1.29, 1.82) is 0 Å². The Hall–Kier alpha value is -1.26. The topological polar surface area (TPSA) is 87.7 Å². The van der Waals surface area contributed by atoms with Gasteiger partial charge in [0.2, 0.25) is 5.91 Å². The van der Waals surface area contributed by atoms with Gasteiger partial charge >= 0.3 is 0 Å². The van der Waals surface area contributed by atoms with Crippen LogP contribution in [0.15, 0.2) is 5.16 Å². The SMILES string of the molecule is CC1(C)C(C(=O)NCCC(N)=NO)C1(C)C. The maximum atomic E-state index is 11.9. The second-order valence-electron chi connectivity index (χ2n) is 5.51. The van der Waals surface area contributed by atoms with Gasteiger partial charge in [-0.1, -0.05) is 32.9 Å². The number of nitrogens with zero attached hydrogens (tertiary/aromatic N) is 1.